The van der Waals surface area contributed by atoms with E-state index in [1.165, 1.54) is 5.56 Å². The lowest BCUT2D eigenvalue weighted by molar-refractivity contribution is 0.274. The van der Waals surface area contributed by atoms with E-state index in [2.05, 4.69) is 36.0 Å². The lowest BCUT2D eigenvalue weighted by atomic mass is 9.84. The zero-order valence-electron chi connectivity index (χ0n) is 10.1. The Kier molecular flexibility index (Phi) is 4.35. The summed E-state index contributed by atoms with van der Waals surface area (Å²) < 4.78 is 0. The molecule has 1 aromatic carbocycles. The number of likely N-dealkylation sites (N-methyl/N-ethyl adjacent to an activating group) is 1. The average Bonchev–Trinajstić information content (AvgIpc) is 2.27. The Morgan fingerprint density at radius 2 is 1.94 bits per heavy atom. The van der Waals surface area contributed by atoms with E-state index in [0.717, 1.165) is 6.54 Å². The highest BCUT2D eigenvalue weighted by atomic mass is 15.3. The molecule has 0 N–H and O–H groups in total. The van der Waals surface area contributed by atoms with Crippen molar-refractivity contribution in [2.75, 3.05) is 20.3 Å². The zero-order valence-corrected chi connectivity index (χ0v) is 10.1. The third-order valence-electron chi connectivity index (χ3n) is 2.59. The van der Waals surface area contributed by atoms with Crippen LogP contribution in [0.2, 0.25) is 0 Å². The van der Waals surface area contributed by atoms with E-state index >= 15 is 0 Å². The average molecular weight is 218 g/mol. The molecule has 0 bridgehead atoms. The number of nitrogens with zero attached hydrogens (tertiary/aromatic N) is 4. The molecule has 1 rings (SSSR count). The predicted octanol–water partition coefficient (Wildman–Crippen LogP) is 3.16. The minimum atomic E-state index is 0.0565. The van der Waals surface area contributed by atoms with Gasteiger partial charge in [-0.05, 0) is 18.1 Å². The molecular weight excluding hydrogens is 200 g/mol. The van der Waals surface area contributed by atoms with Gasteiger partial charge in [0.1, 0.15) is 0 Å². The maximum Gasteiger partial charge on any atom is 0.0771 e. The number of azide groups is 1. The summed E-state index contributed by atoms with van der Waals surface area (Å²) in [7, 11) is 1.96. The molecule has 0 heterocycles. The highest BCUT2D eigenvalue weighted by Gasteiger charge is 2.21. The monoisotopic (exact) mass is 218 g/mol. The molecule has 0 amide bonds. The van der Waals surface area contributed by atoms with Crippen LogP contribution in [0.4, 0.5) is 0 Å². The Bertz CT molecular complexity index is 366. The van der Waals surface area contributed by atoms with Crippen molar-refractivity contribution in [2.24, 2.45) is 5.11 Å². The highest BCUT2D eigenvalue weighted by Crippen LogP contribution is 2.23. The third kappa shape index (κ3) is 3.57. The first-order valence-corrected chi connectivity index (χ1v) is 5.31. The summed E-state index contributed by atoms with van der Waals surface area (Å²) in [5.74, 6) is 0. The zero-order chi connectivity index (χ0) is 12.0. The van der Waals surface area contributed by atoms with Crippen LogP contribution in [0.15, 0.2) is 35.4 Å². The molecule has 0 aromatic heterocycles. The lowest BCUT2D eigenvalue weighted by Crippen LogP contribution is -2.34. The Balaban J connectivity index is 2.68. The number of hydrogen-bond acceptors (Lipinski definition) is 2. The number of benzene rings is 1. The van der Waals surface area contributed by atoms with Crippen molar-refractivity contribution < 1.29 is 0 Å². The fourth-order valence-electron chi connectivity index (χ4n) is 1.84. The van der Waals surface area contributed by atoms with Crippen LogP contribution in [-0.2, 0) is 5.41 Å². The van der Waals surface area contributed by atoms with E-state index in [4.69, 9.17) is 5.53 Å². The van der Waals surface area contributed by atoms with Gasteiger partial charge in [-0.2, -0.15) is 0 Å². The van der Waals surface area contributed by atoms with Gasteiger partial charge >= 0.3 is 0 Å². The summed E-state index contributed by atoms with van der Waals surface area (Å²) in [5, 5.41) is 3.56. The summed E-state index contributed by atoms with van der Waals surface area (Å²) in [5.41, 5.74) is 9.61. The maximum atomic E-state index is 8.26. The molecule has 0 fully saturated rings. The smallest absolute Gasteiger partial charge is 0.0771 e. The molecule has 0 spiro atoms. The summed E-state index contributed by atoms with van der Waals surface area (Å²) in [6.45, 7) is 5.65. The fraction of sp³-hybridized carbons (Fsp3) is 0.500. The van der Waals surface area contributed by atoms with Gasteiger partial charge in [0.2, 0.25) is 0 Å². The lowest BCUT2D eigenvalue weighted by Gasteiger charge is -2.30. The first kappa shape index (κ1) is 12.6. The van der Waals surface area contributed by atoms with Crippen molar-refractivity contribution in [3.05, 3.63) is 46.3 Å². The Labute approximate surface area is 96.5 Å². The van der Waals surface area contributed by atoms with Crippen LogP contribution in [0, 0.1) is 0 Å². The van der Waals surface area contributed by atoms with Gasteiger partial charge in [-0.15, -0.1) is 0 Å². The van der Waals surface area contributed by atoms with Crippen LogP contribution in [0.1, 0.15) is 19.4 Å². The predicted molar refractivity (Wildman–Crippen MR) is 66.1 cm³/mol. The van der Waals surface area contributed by atoms with E-state index in [9.17, 15) is 0 Å². The second-order valence-corrected chi connectivity index (χ2v) is 4.64. The van der Waals surface area contributed by atoms with Gasteiger partial charge in [-0.25, -0.2) is 0 Å². The largest absolute Gasteiger partial charge is 0.300 e. The minimum absolute atomic E-state index is 0.0565. The van der Waals surface area contributed by atoms with Crippen molar-refractivity contribution in [1.29, 1.82) is 0 Å². The normalized spacial score (nSPS) is 11.2. The summed E-state index contributed by atoms with van der Waals surface area (Å²) in [4.78, 5) is 4.78. The van der Waals surface area contributed by atoms with Crippen molar-refractivity contribution in [3.63, 3.8) is 0 Å². The van der Waals surface area contributed by atoms with E-state index < -0.39 is 0 Å². The first-order valence-electron chi connectivity index (χ1n) is 5.31. The second-order valence-electron chi connectivity index (χ2n) is 4.64. The molecule has 0 aliphatic heterocycles. The Morgan fingerprint density at radius 1 is 1.31 bits per heavy atom. The standard InChI is InChI=1S/C12H18N4/c1-12(2,9-16(3)10-14-15-13)11-7-5-4-6-8-11/h4-8H,9-10H2,1-3H3. The van der Waals surface area contributed by atoms with E-state index in [0.29, 0.717) is 6.67 Å². The number of rotatable bonds is 5. The van der Waals surface area contributed by atoms with Crippen molar-refractivity contribution in [2.45, 2.75) is 19.3 Å². The van der Waals surface area contributed by atoms with E-state index in [1.807, 2.05) is 30.1 Å². The van der Waals surface area contributed by atoms with Crippen LogP contribution in [-0.4, -0.2) is 25.2 Å². The SMILES string of the molecule is CN(CN=[N+]=[N-])CC(C)(C)c1ccccc1. The van der Waals surface area contributed by atoms with Crippen LogP contribution >= 0.6 is 0 Å². The Hall–Kier alpha value is -1.51. The van der Waals surface area contributed by atoms with Crippen LogP contribution in [0.3, 0.4) is 0 Å². The summed E-state index contributed by atoms with van der Waals surface area (Å²) in [6, 6.07) is 10.4. The maximum absolute atomic E-state index is 8.26. The molecule has 0 radical (unpaired) electrons. The quantitative estimate of drug-likeness (QED) is 0.425. The van der Waals surface area contributed by atoms with Crippen molar-refractivity contribution in [3.8, 4) is 0 Å². The van der Waals surface area contributed by atoms with Crippen LogP contribution < -0.4 is 0 Å². The summed E-state index contributed by atoms with van der Waals surface area (Å²) >= 11 is 0. The van der Waals surface area contributed by atoms with Gasteiger partial charge in [0.25, 0.3) is 0 Å². The topological polar surface area (TPSA) is 52.0 Å². The molecule has 0 atom stereocenters. The second kappa shape index (κ2) is 5.54. The molecule has 0 saturated heterocycles. The van der Waals surface area contributed by atoms with E-state index in [-0.39, 0.29) is 5.41 Å². The van der Waals surface area contributed by atoms with Crippen LogP contribution in [0.5, 0.6) is 0 Å². The molecule has 4 heteroatoms. The van der Waals surface area contributed by atoms with Gasteiger partial charge < -0.3 is 4.90 Å². The van der Waals surface area contributed by atoms with Crippen molar-refractivity contribution >= 4 is 0 Å². The molecule has 0 saturated carbocycles. The molecule has 1 aromatic rings. The van der Waals surface area contributed by atoms with E-state index in [1.54, 1.807) is 0 Å². The summed E-state index contributed by atoms with van der Waals surface area (Å²) in [6.07, 6.45) is 0. The molecule has 16 heavy (non-hydrogen) atoms. The first-order chi connectivity index (χ1) is 7.56. The van der Waals surface area contributed by atoms with Gasteiger partial charge in [0.05, 0.1) is 6.67 Å². The molecule has 0 aliphatic rings. The third-order valence-corrected chi connectivity index (χ3v) is 2.59. The fourth-order valence-corrected chi connectivity index (χ4v) is 1.84. The minimum Gasteiger partial charge on any atom is -0.300 e. The molecular formula is C12H18N4. The van der Waals surface area contributed by atoms with Crippen LogP contribution in [0.25, 0.3) is 10.4 Å². The van der Waals surface area contributed by atoms with Gasteiger partial charge in [0, 0.05) is 16.9 Å². The molecule has 4 nitrogen and oxygen atoms in total. The highest BCUT2D eigenvalue weighted by molar-refractivity contribution is 5.23. The molecule has 86 valence electrons. The van der Waals surface area contributed by atoms with Gasteiger partial charge in [-0.1, -0.05) is 49.3 Å². The Morgan fingerprint density at radius 3 is 2.50 bits per heavy atom. The molecule has 0 unspecified atom stereocenters. The number of hydrogen-bond donors (Lipinski definition) is 0. The molecule has 0 aliphatic carbocycles. The van der Waals surface area contributed by atoms with Gasteiger partial charge in [0.15, 0.2) is 0 Å². The van der Waals surface area contributed by atoms with Crippen molar-refractivity contribution in [1.82, 2.24) is 4.90 Å². The van der Waals surface area contributed by atoms with Gasteiger partial charge in [-0.3, -0.25) is 0 Å².